The number of fused-ring (bicyclic) bond motifs is 2. The fourth-order valence-electron chi connectivity index (χ4n) is 17.0. The van der Waals surface area contributed by atoms with Crippen LogP contribution >= 0.6 is 12.4 Å². The second-order valence-electron chi connectivity index (χ2n) is 28.7. The number of hydrogen-bond donors (Lipinski definition) is 10. The molecule has 0 radical (unpaired) electrons. The lowest BCUT2D eigenvalue weighted by molar-refractivity contribution is -0.142. The van der Waals surface area contributed by atoms with Gasteiger partial charge in [0.05, 0.1) is 5.71 Å². The summed E-state index contributed by atoms with van der Waals surface area (Å²) in [5.74, 6) is 8.19. The number of ketones is 1. The Balaban J connectivity index is 0.000000222. The molecule has 0 aromatic carbocycles. The number of alkyl carbamates (subject to hydrolysis) is 3. The summed E-state index contributed by atoms with van der Waals surface area (Å²) in [6.45, 7) is 18.8. The number of oxime groups is 1. The van der Waals surface area contributed by atoms with Crippen LogP contribution in [0.2, 0.25) is 0 Å². The lowest BCUT2D eigenvalue weighted by atomic mass is 9.52. The molecule has 16 aliphatic rings. The van der Waals surface area contributed by atoms with Gasteiger partial charge in [0.25, 0.3) is 0 Å². The van der Waals surface area contributed by atoms with E-state index in [1.165, 1.54) is 6.42 Å². The van der Waals surface area contributed by atoms with Gasteiger partial charge in [-0.3, -0.25) is 14.4 Å². The molecule has 0 spiro atoms. The summed E-state index contributed by atoms with van der Waals surface area (Å²) in [6.07, 6.45) is 18.7. The van der Waals surface area contributed by atoms with E-state index in [9.17, 15) is 34.0 Å². The first-order valence-electron chi connectivity index (χ1n) is 28.9. The van der Waals surface area contributed by atoms with E-state index >= 15 is 0 Å². The second-order valence-corrected chi connectivity index (χ2v) is 28.7. The van der Waals surface area contributed by atoms with E-state index < -0.39 is 16.8 Å². The van der Waals surface area contributed by atoms with Gasteiger partial charge in [0.2, 0.25) is 11.8 Å². The number of nitrogens with zero attached hydrogens (tertiary/aromatic N) is 1. The molecular formula is C59H105ClN8O12. The number of Topliss-reactive ketones (excluding diaryl/α,β-unsaturated/α-hetero) is 1. The highest BCUT2D eigenvalue weighted by molar-refractivity contribution is 5.91. The van der Waals surface area contributed by atoms with Crippen LogP contribution in [0.4, 0.5) is 14.4 Å². The number of aliphatic hydroxyl groups is 1. The van der Waals surface area contributed by atoms with Crippen LogP contribution in [0.5, 0.6) is 0 Å². The molecule has 80 heavy (non-hydrogen) atoms. The summed E-state index contributed by atoms with van der Waals surface area (Å²) in [4.78, 5) is 72.0. The van der Waals surface area contributed by atoms with Crippen molar-refractivity contribution in [3.05, 3.63) is 0 Å². The molecule has 12 aliphatic carbocycles. The van der Waals surface area contributed by atoms with Gasteiger partial charge in [-0.1, -0.05) is 20.0 Å². The van der Waals surface area contributed by atoms with E-state index in [2.05, 4.69) is 37.6 Å². The molecule has 12 N–H and O–H groups in total. The first-order chi connectivity index (χ1) is 35.9. The van der Waals surface area contributed by atoms with Crippen LogP contribution < -0.4 is 38.2 Å². The first-order valence-corrected chi connectivity index (χ1v) is 28.9. The second kappa shape index (κ2) is 26.3. The molecule has 0 aromatic heterocycles. The Bertz CT molecular complexity index is 2180. The standard InChI is InChI=1S/2C15H24N2O3.C15H23NO3.C10H16N2O.C2H6O.2CH4.ClH.H3NO/c1-14(2,3)20-13(19)17-15-6-9-4-10(7-15)12(18)16-11(5-9)8-15;1-14(2,3)20-13(18)16-15-6-9-4-10(7-15)12(17-19)11(5-9)8-15;1-14(2,3)19-13(18)16-15-6-9-4-10(7-15)12(17)11(5-9)8-15;11-10-3-6-1-7(4-10)9(13)12-8(2-6)5-10;1-2-3;;;;1-2/h9-11H,4-8H2,1-3H3,(H,16,18)(H,17,19);9-11,19H,4-8H2,1-3H3,(H,16,18);9-11H,4-8H2,1-3H3,(H,16,18);6-8H,1-5,11H2,(H,12,13);3H,2H2,1H3;2*1H4;1H;2H,1H2. The van der Waals surface area contributed by atoms with E-state index in [0.29, 0.717) is 47.3 Å². The lowest BCUT2D eigenvalue weighted by Gasteiger charge is -2.56. The van der Waals surface area contributed by atoms with Gasteiger partial charge in [-0.05, 0) is 221 Å². The van der Waals surface area contributed by atoms with Crippen molar-refractivity contribution in [1.82, 2.24) is 26.6 Å². The zero-order valence-electron chi connectivity index (χ0n) is 48.3. The minimum atomic E-state index is -0.490. The molecule has 12 atom stereocenters. The number of hydrogen-bond acceptors (Lipinski definition) is 15. The summed E-state index contributed by atoms with van der Waals surface area (Å²) >= 11 is 0. The van der Waals surface area contributed by atoms with Gasteiger partial charge in [0, 0.05) is 76.4 Å². The van der Waals surface area contributed by atoms with Crippen molar-refractivity contribution in [1.29, 1.82) is 0 Å². The third-order valence-electron chi connectivity index (χ3n) is 18.3. The highest BCUT2D eigenvalue weighted by Gasteiger charge is 2.58. The van der Waals surface area contributed by atoms with Gasteiger partial charge in [-0.15, -0.1) is 12.4 Å². The minimum absolute atomic E-state index is 0. The molecule has 460 valence electrons. The Morgan fingerprint density at radius 1 is 0.525 bits per heavy atom. The molecule has 20 nitrogen and oxygen atoms in total. The summed E-state index contributed by atoms with van der Waals surface area (Å²) in [6, 6.07) is 0.590. The van der Waals surface area contributed by atoms with Crippen LogP contribution in [0.3, 0.4) is 0 Å². The molecule has 5 amide bonds. The van der Waals surface area contributed by atoms with Gasteiger partial charge in [0.1, 0.15) is 22.6 Å². The smallest absolute Gasteiger partial charge is 0.408 e. The average Bonchev–Trinajstić information content (AvgIpc) is 3.53. The van der Waals surface area contributed by atoms with E-state index in [4.69, 9.17) is 30.3 Å². The Morgan fingerprint density at radius 2 is 0.825 bits per heavy atom. The Labute approximate surface area is 483 Å². The van der Waals surface area contributed by atoms with Gasteiger partial charge in [0.15, 0.2) is 0 Å². The molecule has 4 saturated heterocycles. The molecule has 4 aliphatic heterocycles. The zero-order chi connectivity index (χ0) is 56.7. The van der Waals surface area contributed by atoms with Crippen molar-refractivity contribution in [2.75, 3.05) is 6.61 Å². The monoisotopic (exact) mass is 1150 g/mol. The fraction of sp³-hybridized carbons (Fsp3) is 0.881. The number of amides is 5. The van der Waals surface area contributed by atoms with Crippen molar-refractivity contribution >= 4 is 54.0 Å². The zero-order valence-corrected chi connectivity index (χ0v) is 49.1. The maximum atomic E-state index is 12.1. The predicted molar refractivity (Wildman–Crippen MR) is 308 cm³/mol. The number of carbonyl (C=O) groups excluding carboxylic acids is 6. The van der Waals surface area contributed by atoms with Crippen molar-refractivity contribution in [2.24, 2.45) is 76.0 Å². The summed E-state index contributed by atoms with van der Waals surface area (Å²) in [7, 11) is 0. The molecule has 16 fully saturated rings. The highest BCUT2D eigenvalue weighted by Crippen LogP contribution is 2.56. The topological polar surface area (TPSA) is 315 Å². The van der Waals surface area contributed by atoms with E-state index in [-0.39, 0.29) is 116 Å². The number of nitrogens with one attached hydrogen (secondary N) is 5. The Kier molecular flexibility index (Phi) is 22.5. The van der Waals surface area contributed by atoms with Crippen LogP contribution in [0.15, 0.2) is 5.16 Å². The van der Waals surface area contributed by atoms with Gasteiger partial charge >= 0.3 is 18.3 Å². The van der Waals surface area contributed by atoms with Crippen molar-refractivity contribution in [3.63, 3.8) is 0 Å². The molecule has 21 heteroatoms. The number of halogens is 1. The Morgan fingerprint density at radius 3 is 1.20 bits per heavy atom. The number of aliphatic hydroxyl groups excluding tert-OH is 1. The van der Waals surface area contributed by atoms with Gasteiger partial charge in [-0.25, -0.2) is 20.3 Å². The average molecular weight is 1150 g/mol. The number of nitrogens with two attached hydrogens (primary N) is 2. The minimum Gasteiger partial charge on any atom is -0.444 e. The Hall–Kier alpha value is -3.98. The molecule has 16 bridgehead atoms. The predicted octanol–water partition coefficient (Wildman–Crippen LogP) is 8.96. The molecule has 0 aromatic rings. The van der Waals surface area contributed by atoms with Crippen molar-refractivity contribution in [3.8, 4) is 0 Å². The summed E-state index contributed by atoms with van der Waals surface area (Å²) in [5, 5.41) is 42.3. The third kappa shape index (κ3) is 17.1. The normalized spacial score (nSPS) is 38.0. The lowest BCUT2D eigenvalue weighted by Crippen LogP contribution is -2.63. The molecule has 4 heterocycles. The van der Waals surface area contributed by atoms with Crippen LogP contribution in [-0.2, 0) is 28.6 Å². The molecular weight excluding hydrogens is 1050 g/mol. The highest BCUT2D eigenvalue weighted by atomic mass is 35.5. The summed E-state index contributed by atoms with van der Waals surface area (Å²) in [5.41, 5.74) is 5.23. The van der Waals surface area contributed by atoms with E-state index in [0.717, 1.165) is 128 Å². The number of ether oxygens (including phenoxy) is 3. The molecule has 12 unspecified atom stereocenters. The number of rotatable bonds is 3. The maximum absolute atomic E-state index is 12.1. The summed E-state index contributed by atoms with van der Waals surface area (Å²) < 4.78 is 16.2. The SMILES string of the molecule is C.C.CC(C)(C)OC(=O)NC12CC3CC(C1)C(=NO)C(C3)C2.CC(C)(C)OC(=O)NC12CC3CC(C1)C(=O)C(C3)C2.CC(C)(C)OC(=O)NC12CC3CC(C1)NC(=O)C(C3)C2.CCO.Cl.NC12CC3CC(C1)NC(=O)C(C3)C2.NO. The van der Waals surface area contributed by atoms with Gasteiger partial charge < -0.3 is 62.0 Å². The first kappa shape index (κ1) is 68.5. The van der Waals surface area contributed by atoms with Gasteiger partial charge in [-0.2, -0.15) is 0 Å². The van der Waals surface area contributed by atoms with Crippen LogP contribution in [0.1, 0.15) is 213 Å². The molecule has 12 saturated carbocycles. The number of carbonyl (C=O) groups is 6. The third-order valence-corrected chi connectivity index (χ3v) is 18.3. The van der Waals surface area contributed by atoms with Crippen LogP contribution in [0.25, 0.3) is 0 Å². The molecule has 16 rings (SSSR count). The quantitative estimate of drug-likeness (QED) is 0.0717. The van der Waals surface area contributed by atoms with Crippen LogP contribution in [-0.4, -0.2) is 115 Å². The fourth-order valence-corrected chi connectivity index (χ4v) is 17.0. The van der Waals surface area contributed by atoms with Crippen molar-refractivity contribution < 1.29 is 58.5 Å². The largest absolute Gasteiger partial charge is 0.444 e. The maximum Gasteiger partial charge on any atom is 0.408 e. The van der Waals surface area contributed by atoms with E-state index in [1.807, 2.05) is 62.3 Å². The van der Waals surface area contributed by atoms with Crippen molar-refractivity contribution in [2.45, 2.75) is 264 Å². The van der Waals surface area contributed by atoms with Crippen LogP contribution in [0, 0.1) is 59.2 Å². The van der Waals surface area contributed by atoms with E-state index in [1.54, 1.807) is 6.92 Å².